The number of nitrogens with one attached hydrogen (secondary N) is 1. The molecule has 0 aromatic heterocycles. The highest BCUT2D eigenvalue weighted by Crippen LogP contribution is 2.21. The molecule has 1 aliphatic heterocycles. The van der Waals surface area contributed by atoms with E-state index in [0.717, 1.165) is 13.0 Å². The Morgan fingerprint density at radius 2 is 2.20 bits per heavy atom. The van der Waals surface area contributed by atoms with Crippen molar-refractivity contribution in [2.45, 2.75) is 25.8 Å². The second-order valence-electron chi connectivity index (χ2n) is 3.52. The van der Waals surface area contributed by atoms with Gasteiger partial charge >= 0.3 is 0 Å². The highest BCUT2D eigenvalue weighted by Gasteiger charge is 2.29. The lowest BCUT2D eigenvalue weighted by Gasteiger charge is -2.16. The molecular formula is C7H16ClNO. The maximum Gasteiger partial charge on any atom is 0.0472 e. The molecule has 1 saturated heterocycles. The molecule has 2 nitrogen and oxygen atoms in total. The van der Waals surface area contributed by atoms with E-state index in [9.17, 15) is 0 Å². The third kappa shape index (κ3) is 2.45. The van der Waals surface area contributed by atoms with Gasteiger partial charge in [-0.05, 0) is 26.2 Å². The number of hydrogen-bond acceptors (Lipinski definition) is 2. The molecule has 0 aliphatic carbocycles. The minimum Gasteiger partial charge on any atom is -0.396 e. The van der Waals surface area contributed by atoms with E-state index in [-0.39, 0.29) is 17.9 Å². The first-order valence-corrected chi connectivity index (χ1v) is 3.50. The Bertz CT molecular complexity index is 106. The summed E-state index contributed by atoms with van der Waals surface area (Å²) in [7, 11) is 0. The number of rotatable bonds is 1. The van der Waals surface area contributed by atoms with Crippen molar-refractivity contribution in [1.29, 1.82) is 0 Å². The zero-order valence-electron chi connectivity index (χ0n) is 6.55. The van der Waals surface area contributed by atoms with Crippen molar-refractivity contribution in [2.75, 3.05) is 13.2 Å². The monoisotopic (exact) mass is 165 g/mol. The van der Waals surface area contributed by atoms with Gasteiger partial charge in [0.2, 0.25) is 0 Å². The fraction of sp³-hybridized carbons (Fsp3) is 1.00. The summed E-state index contributed by atoms with van der Waals surface area (Å²) in [6, 6.07) is 0. The van der Waals surface area contributed by atoms with Crippen molar-refractivity contribution >= 4 is 12.4 Å². The van der Waals surface area contributed by atoms with Crippen LogP contribution >= 0.6 is 12.4 Å². The molecule has 0 aromatic rings. The van der Waals surface area contributed by atoms with E-state index in [4.69, 9.17) is 5.11 Å². The van der Waals surface area contributed by atoms with Gasteiger partial charge < -0.3 is 10.4 Å². The lowest BCUT2D eigenvalue weighted by atomic mass is 9.98. The van der Waals surface area contributed by atoms with Crippen LogP contribution in [0.25, 0.3) is 0 Å². The van der Waals surface area contributed by atoms with Crippen LogP contribution in [-0.4, -0.2) is 23.8 Å². The van der Waals surface area contributed by atoms with E-state index in [2.05, 4.69) is 19.2 Å². The average molecular weight is 166 g/mol. The normalized spacial score (nSPS) is 29.7. The quantitative estimate of drug-likeness (QED) is 0.602. The number of hydrogen-bond donors (Lipinski definition) is 2. The van der Waals surface area contributed by atoms with Gasteiger partial charge in [-0.2, -0.15) is 0 Å². The van der Waals surface area contributed by atoms with Crippen LogP contribution in [0.4, 0.5) is 0 Å². The van der Waals surface area contributed by atoms with Crippen molar-refractivity contribution in [1.82, 2.24) is 5.32 Å². The molecule has 0 aromatic carbocycles. The molecule has 1 rings (SSSR count). The summed E-state index contributed by atoms with van der Waals surface area (Å²) in [5.74, 6) is 0.486. The van der Waals surface area contributed by atoms with E-state index in [1.165, 1.54) is 0 Å². The minimum atomic E-state index is 0. The van der Waals surface area contributed by atoms with Crippen molar-refractivity contribution in [3.8, 4) is 0 Å². The summed E-state index contributed by atoms with van der Waals surface area (Å²) >= 11 is 0. The largest absolute Gasteiger partial charge is 0.396 e. The number of halogens is 1. The Kier molecular flexibility index (Phi) is 3.63. The van der Waals surface area contributed by atoms with E-state index in [1.54, 1.807) is 0 Å². The first-order valence-electron chi connectivity index (χ1n) is 3.50. The molecule has 0 spiro atoms. The fourth-order valence-corrected chi connectivity index (χ4v) is 1.42. The lowest BCUT2D eigenvalue weighted by molar-refractivity contribution is 0.232. The predicted octanol–water partition coefficient (Wildman–Crippen LogP) is 0.789. The van der Waals surface area contributed by atoms with Gasteiger partial charge in [-0.15, -0.1) is 12.4 Å². The SMILES string of the molecule is CC1(C)CC(CO)CN1.Cl. The van der Waals surface area contributed by atoms with Crippen LogP contribution in [0.5, 0.6) is 0 Å². The van der Waals surface area contributed by atoms with Gasteiger partial charge in [0.05, 0.1) is 0 Å². The summed E-state index contributed by atoms with van der Waals surface area (Å²) in [6.07, 6.45) is 1.10. The van der Waals surface area contributed by atoms with Crippen LogP contribution in [0.2, 0.25) is 0 Å². The van der Waals surface area contributed by atoms with Crippen molar-refractivity contribution in [2.24, 2.45) is 5.92 Å². The van der Waals surface area contributed by atoms with Gasteiger partial charge in [0.1, 0.15) is 0 Å². The molecule has 1 fully saturated rings. The molecular weight excluding hydrogens is 150 g/mol. The maximum absolute atomic E-state index is 8.76. The van der Waals surface area contributed by atoms with Crippen molar-refractivity contribution < 1.29 is 5.11 Å². The minimum absolute atomic E-state index is 0. The summed E-state index contributed by atoms with van der Waals surface area (Å²) in [5, 5.41) is 12.1. The van der Waals surface area contributed by atoms with Crippen LogP contribution in [0, 0.1) is 5.92 Å². The summed E-state index contributed by atoms with van der Waals surface area (Å²) in [5.41, 5.74) is 0.257. The van der Waals surface area contributed by atoms with E-state index in [1.807, 2.05) is 0 Å². The molecule has 1 aliphatic rings. The average Bonchev–Trinajstić information content (AvgIpc) is 2.10. The molecule has 0 amide bonds. The molecule has 10 heavy (non-hydrogen) atoms. The highest BCUT2D eigenvalue weighted by molar-refractivity contribution is 5.85. The van der Waals surface area contributed by atoms with E-state index >= 15 is 0 Å². The van der Waals surface area contributed by atoms with E-state index in [0.29, 0.717) is 12.5 Å². The predicted molar refractivity (Wildman–Crippen MR) is 44.5 cm³/mol. The van der Waals surface area contributed by atoms with Crippen LogP contribution in [-0.2, 0) is 0 Å². The molecule has 1 atom stereocenters. The second-order valence-corrected chi connectivity index (χ2v) is 3.52. The topological polar surface area (TPSA) is 32.3 Å². The Labute approximate surface area is 68.4 Å². The molecule has 1 heterocycles. The summed E-state index contributed by atoms with van der Waals surface area (Å²) < 4.78 is 0. The van der Waals surface area contributed by atoms with Crippen LogP contribution in [0.15, 0.2) is 0 Å². The molecule has 1 unspecified atom stereocenters. The van der Waals surface area contributed by atoms with Gasteiger partial charge in [0.15, 0.2) is 0 Å². The first kappa shape index (κ1) is 10.2. The number of aliphatic hydroxyl groups is 1. The molecule has 62 valence electrons. The molecule has 3 heteroatoms. The van der Waals surface area contributed by atoms with E-state index < -0.39 is 0 Å². The van der Waals surface area contributed by atoms with Crippen molar-refractivity contribution in [3.05, 3.63) is 0 Å². The second kappa shape index (κ2) is 3.56. The van der Waals surface area contributed by atoms with Gasteiger partial charge in [0.25, 0.3) is 0 Å². The standard InChI is InChI=1S/C7H15NO.ClH/c1-7(2)3-6(5-9)4-8-7;/h6,8-9H,3-5H2,1-2H3;1H. The van der Waals surface area contributed by atoms with Crippen LogP contribution < -0.4 is 5.32 Å². The third-order valence-corrected chi connectivity index (χ3v) is 1.93. The molecule has 0 saturated carbocycles. The van der Waals surface area contributed by atoms with Gasteiger partial charge in [0, 0.05) is 18.7 Å². The molecule has 0 bridgehead atoms. The smallest absolute Gasteiger partial charge is 0.0472 e. The molecule has 2 N–H and O–H groups in total. The summed E-state index contributed by atoms with van der Waals surface area (Å²) in [4.78, 5) is 0. The zero-order valence-corrected chi connectivity index (χ0v) is 7.37. The van der Waals surface area contributed by atoms with Gasteiger partial charge in [-0.1, -0.05) is 0 Å². The van der Waals surface area contributed by atoms with Gasteiger partial charge in [-0.25, -0.2) is 0 Å². The maximum atomic E-state index is 8.76. The zero-order chi connectivity index (χ0) is 6.91. The molecule has 0 radical (unpaired) electrons. The Morgan fingerprint density at radius 1 is 1.60 bits per heavy atom. The highest BCUT2D eigenvalue weighted by atomic mass is 35.5. The van der Waals surface area contributed by atoms with Crippen LogP contribution in [0.3, 0.4) is 0 Å². The first-order chi connectivity index (χ1) is 4.14. The Balaban J connectivity index is 0.000000810. The Hall–Kier alpha value is 0.210. The lowest BCUT2D eigenvalue weighted by Crippen LogP contribution is -2.31. The van der Waals surface area contributed by atoms with Gasteiger partial charge in [-0.3, -0.25) is 0 Å². The van der Waals surface area contributed by atoms with Crippen molar-refractivity contribution in [3.63, 3.8) is 0 Å². The fourth-order valence-electron chi connectivity index (χ4n) is 1.42. The summed E-state index contributed by atoms with van der Waals surface area (Å²) in [6.45, 7) is 5.64. The van der Waals surface area contributed by atoms with Crippen LogP contribution in [0.1, 0.15) is 20.3 Å². The number of aliphatic hydroxyl groups excluding tert-OH is 1. The Morgan fingerprint density at radius 3 is 2.40 bits per heavy atom. The third-order valence-electron chi connectivity index (χ3n) is 1.93.